The summed E-state index contributed by atoms with van der Waals surface area (Å²) >= 11 is 6.75. The molecule has 78 valence electrons. The molecule has 0 aliphatic rings. The molecule has 0 saturated heterocycles. The molecule has 0 saturated carbocycles. The molecule has 0 aromatic heterocycles. The molecule has 0 aliphatic heterocycles. The van der Waals surface area contributed by atoms with Crippen LogP contribution in [-0.4, -0.2) is 7.05 Å². The maximum atomic E-state index is 12.3. The van der Waals surface area contributed by atoms with Crippen molar-refractivity contribution in [3.8, 4) is 0 Å². The summed E-state index contributed by atoms with van der Waals surface area (Å²) in [7, 11) is 1.61. The van der Waals surface area contributed by atoms with Crippen molar-refractivity contribution >= 4 is 23.5 Å². The molecule has 1 aromatic rings. The number of rotatable bonds is 2. The Hall–Kier alpha value is -0.390. The van der Waals surface area contributed by atoms with E-state index in [1.807, 2.05) is 0 Å². The van der Waals surface area contributed by atoms with Gasteiger partial charge in [0.15, 0.2) is 0 Å². The van der Waals surface area contributed by atoms with Crippen LogP contribution in [0.15, 0.2) is 23.1 Å². The van der Waals surface area contributed by atoms with Crippen molar-refractivity contribution < 1.29 is 13.2 Å². The van der Waals surface area contributed by atoms with Gasteiger partial charge in [-0.3, -0.25) is 4.72 Å². The Labute approximate surface area is 88.8 Å². The topological polar surface area (TPSA) is 12.0 Å². The second-order valence-corrected chi connectivity index (χ2v) is 3.91. The van der Waals surface area contributed by atoms with Crippen molar-refractivity contribution in [2.75, 3.05) is 7.05 Å². The van der Waals surface area contributed by atoms with Crippen LogP contribution >= 0.6 is 23.5 Å². The van der Waals surface area contributed by atoms with Gasteiger partial charge in [-0.1, -0.05) is 11.6 Å². The van der Waals surface area contributed by atoms with Gasteiger partial charge in [0.2, 0.25) is 0 Å². The van der Waals surface area contributed by atoms with Crippen LogP contribution in [0.25, 0.3) is 0 Å². The zero-order valence-corrected chi connectivity index (χ0v) is 8.72. The summed E-state index contributed by atoms with van der Waals surface area (Å²) in [4.78, 5) is 0.365. The summed E-state index contributed by atoms with van der Waals surface area (Å²) in [5.74, 6) is 0. The second kappa shape index (κ2) is 4.42. The van der Waals surface area contributed by atoms with Crippen molar-refractivity contribution in [2.45, 2.75) is 11.1 Å². The predicted octanol–water partition coefficient (Wildman–Crippen LogP) is 3.59. The van der Waals surface area contributed by atoms with Crippen molar-refractivity contribution in [3.63, 3.8) is 0 Å². The monoisotopic (exact) mass is 241 g/mol. The molecule has 14 heavy (non-hydrogen) atoms. The van der Waals surface area contributed by atoms with Gasteiger partial charge in [-0.05, 0) is 37.2 Å². The Bertz CT molecular complexity index is 327. The average molecular weight is 242 g/mol. The first-order valence-electron chi connectivity index (χ1n) is 3.65. The SMILES string of the molecule is CNSc1cc(C(F)(F)F)ccc1Cl. The third-order valence-corrected chi connectivity index (χ3v) is 2.67. The van der Waals surface area contributed by atoms with E-state index in [0.717, 1.165) is 24.1 Å². The van der Waals surface area contributed by atoms with Crippen molar-refractivity contribution in [2.24, 2.45) is 0 Å². The molecule has 1 aromatic carbocycles. The molecule has 0 spiro atoms. The first-order chi connectivity index (χ1) is 6.45. The van der Waals surface area contributed by atoms with E-state index in [4.69, 9.17) is 11.6 Å². The van der Waals surface area contributed by atoms with Crippen LogP contribution in [0.5, 0.6) is 0 Å². The molecule has 0 heterocycles. The molecule has 1 nitrogen and oxygen atoms in total. The van der Waals surface area contributed by atoms with Crippen LogP contribution in [0, 0.1) is 0 Å². The molecule has 0 fully saturated rings. The average Bonchev–Trinajstić information content (AvgIpc) is 2.07. The van der Waals surface area contributed by atoms with E-state index < -0.39 is 11.7 Å². The Morgan fingerprint density at radius 3 is 2.50 bits per heavy atom. The van der Waals surface area contributed by atoms with E-state index >= 15 is 0 Å². The lowest BCUT2D eigenvalue weighted by molar-refractivity contribution is -0.137. The molecular weight excluding hydrogens is 235 g/mol. The fraction of sp³-hybridized carbons (Fsp3) is 0.250. The number of halogens is 4. The first kappa shape index (κ1) is 11.7. The van der Waals surface area contributed by atoms with Gasteiger partial charge in [0, 0.05) is 4.90 Å². The molecule has 1 rings (SSSR count). The zero-order chi connectivity index (χ0) is 10.8. The number of alkyl halides is 3. The van der Waals surface area contributed by atoms with Gasteiger partial charge in [0.25, 0.3) is 0 Å². The van der Waals surface area contributed by atoms with E-state index in [1.165, 1.54) is 6.07 Å². The minimum Gasteiger partial charge on any atom is -0.263 e. The first-order valence-corrected chi connectivity index (χ1v) is 4.85. The Morgan fingerprint density at radius 1 is 1.36 bits per heavy atom. The van der Waals surface area contributed by atoms with Crippen LogP contribution in [0.4, 0.5) is 13.2 Å². The Morgan fingerprint density at radius 2 is 2.00 bits per heavy atom. The van der Waals surface area contributed by atoms with Crippen LogP contribution in [0.3, 0.4) is 0 Å². The van der Waals surface area contributed by atoms with Crippen molar-refractivity contribution in [1.82, 2.24) is 4.72 Å². The zero-order valence-electron chi connectivity index (χ0n) is 7.15. The minimum absolute atomic E-state index is 0.303. The standard InChI is InChI=1S/C8H7ClF3NS/c1-13-14-7-4-5(8(10,11)12)2-3-6(7)9/h2-4,13H,1H3. The third-order valence-electron chi connectivity index (χ3n) is 1.47. The maximum absolute atomic E-state index is 12.3. The normalized spacial score (nSPS) is 11.8. The summed E-state index contributed by atoms with van der Waals surface area (Å²) in [6, 6.07) is 3.22. The third kappa shape index (κ3) is 2.80. The highest BCUT2D eigenvalue weighted by atomic mass is 35.5. The molecule has 0 amide bonds. The smallest absolute Gasteiger partial charge is 0.263 e. The van der Waals surface area contributed by atoms with Gasteiger partial charge in [0.05, 0.1) is 10.6 Å². The summed E-state index contributed by atoms with van der Waals surface area (Å²) in [6.45, 7) is 0. The lowest BCUT2D eigenvalue weighted by atomic mass is 10.2. The summed E-state index contributed by atoms with van der Waals surface area (Å²) in [5.41, 5.74) is -0.695. The molecule has 1 N–H and O–H groups in total. The van der Waals surface area contributed by atoms with Gasteiger partial charge >= 0.3 is 6.18 Å². The number of benzene rings is 1. The fourth-order valence-corrected chi connectivity index (χ4v) is 1.67. The van der Waals surface area contributed by atoms with Gasteiger partial charge < -0.3 is 0 Å². The quantitative estimate of drug-likeness (QED) is 0.795. The van der Waals surface area contributed by atoms with Gasteiger partial charge in [-0.2, -0.15) is 13.2 Å². The second-order valence-electron chi connectivity index (χ2n) is 2.45. The van der Waals surface area contributed by atoms with Crippen LogP contribution in [0.2, 0.25) is 5.02 Å². The highest BCUT2D eigenvalue weighted by Gasteiger charge is 2.30. The number of hydrogen-bond donors (Lipinski definition) is 1. The van der Waals surface area contributed by atoms with Gasteiger partial charge in [0.1, 0.15) is 0 Å². The van der Waals surface area contributed by atoms with Crippen LogP contribution in [0.1, 0.15) is 5.56 Å². The molecular formula is C8H7ClF3NS. The van der Waals surface area contributed by atoms with E-state index in [0.29, 0.717) is 9.92 Å². The van der Waals surface area contributed by atoms with Crippen LogP contribution < -0.4 is 4.72 Å². The highest BCUT2D eigenvalue weighted by Crippen LogP contribution is 2.34. The predicted molar refractivity (Wildman–Crippen MR) is 51.4 cm³/mol. The molecule has 0 bridgehead atoms. The summed E-state index contributed by atoms with van der Waals surface area (Å²) in [6.07, 6.45) is -4.33. The summed E-state index contributed by atoms with van der Waals surface area (Å²) in [5, 5.41) is 0.303. The fourth-order valence-electron chi connectivity index (χ4n) is 0.868. The molecule has 0 aliphatic carbocycles. The van der Waals surface area contributed by atoms with E-state index in [-0.39, 0.29) is 0 Å². The lowest BCUT2D eigenvalue weighted by Gasteiger charge is -2.09. The van der Waals surface area contributed by atoms with E-state index in [9.17, 15) is 13.2 Å². The van der Waals surface area contributed by atoms with Crippen LogP contribution in [-0.2, 0) is 6.18 Å². The molecule has 0 atom stereocenters. The number of hydrogen-bond acceptors (Lipinski definition) is 2. The van der Waals surface area contributed by atoms with E-state index in [1.54, 1.807) is 7.05 Å². The maximum Gasteiger partial charge on any atom is 0.416 e. The minimum atomic E-state index is -4.33. The Balaban J connectivity index is 3.06. The molecule has 6 heteroatoms. The van der Waals surface area contributed by atoms with Gasteiger partial charge in [-0.25, -0.2) is 0 Å². The van der Waals surface area contributed by atoms with Crippen molar-refractivity contribution in [1.29, 1.82) is 0 Å². The lowest BCUT2D eigenvalue weighted by Crippen LogP contribution is -2.05. The van der Waals surface area contributed by atoms with E-state index in [2.05, 4.69) is 4.72 Å². The van der Waals surface area contributed by atoms with Crippen molar-refractivity contribution in [3.05, 3.63) is 28.8 Å². The molecule has 0 radical (unpaired) electrons. The largest absolute Gasteiger partial charge is 0.416 e. The van der Waals surface area contributed by atoms with Gasteiger partial charge in [-0.15, -0.1) is 0 Å². The highest BCUT2D eigenvalue weighted by molar-refractivity contribution is 7.97. The summed E-state index contributed by atoms with van der Waals surface area (Å²) < 4.78 is 39.5. The molecule has 0 unspecified atom stereocenters. The number of nitrogens with one attached hydrogen (secondary N) is 1. The Kier molecular flexibility index (Phi) is 3.69.